The predicted molar refractivity (Wildman–Crippen MR) is 73.7 cm³/mol. The van der Waals surface area contributed by atoms with Crippen LogP contribution in [-0.4, -0.2) is 22.9 Å². The summed E-state index contributed by atoms with van der Waals surface area (Å²) in [5.74, 6) is 0.585. The van der Waals surface area contributed by atoms with Crippen LogP contribution in [0.5, 0.6) is 0 Å². The van der Waals surface area contributed by atoms with Crippen LogP contribution in [0.4, 0.5) is 0 Å². The van der Waals surface area contributed by atoms with Crippen LogP contribution in [0.25, 0.3) is 0 Å². The van der Waals surface area contributed by atoms with Gasteiger partial charge in [-0.1, -0.05) is 32.4 Å². The van der Waals surface area contributed by atoms with E-state index in [9.17, 15) is 0 Å². The zero-order valence-corrected chi connectivity index (χ0v) is 12.3. The molecular weight excluding hydrogens is 234 g/mol. The molecule has 1 atom stereocenters. The van der Waals surface area contributed by atoms with Crippen molar-refractivity contribution in [1.82, 2.24) is 15.1 Å². The molecule has 0 spiro atoms. The van der Waals surface area contributed by atoms with Gasteiger partial charge in [0, 0.05) is 19.0 Å². The van der Waals surface area contributed by atoms with Crippen molar-refractivity contribution in [3.63, 3.8) is 0 Å². The molecular formula is C13H24ClN3. The SMILES string of the molecule is CCc1nn(CC)c(CC(NC)C(C)C)c1Cl. The number of aromatic nitrogens is 2. The van der Waals surface area contributed by atoms with E-state index < -0.39 is 0 Å². The third-order valence-corrected chi connectivity index (χ3v) is 3.72. The minimum atomic E-state index is 0.444. The molecule has 0 aliphatic heterocycles. The molecule has 1 aromatic rings. The Bertz CT molecular complexity index is 358. The van der Waals surface area contributed by atoms with E-state index in [1.54, 1.807) is 0 Å². The van der Waals surface area contributed by atoms with Crippen molar-refractivity contribution in [3.05, 3.63) is 16.4 Å². The Labute approximate surface area is 110 Å². The van der Waals surface area contributed by atoms with Crippen LogP contribution in [0, 0.1) is 5.92 Å². The van der Waals surface area contributed by atoms with Gasteiger partial charge in [-0.3, -0.25) is 4.68 Å². The topological polar surface area (TPSA) is 29.9 Å². The maximum Gasteiger partial charge on any atom is 0.0850 e. The second kappa shape index (κ2) is 6.41. The van der Waals surface area contributed by atoms with E-state index in [-0.39, 0.29) is 0 Å². The van der Waals surface area contributed by atoms with Gasteiger partial charge in [-0.25, -0.2) is 0 Å². The minimum Gasteiger partial charge on any atom is -0.316 e. The number of hydrogen-bond donors (Lipinski definition) is 1. The normalized spacial score (nSPS) is 13.4. The van der Waals surface area contributed by atoms with Crippen molar-refractivity contribution in [2.75, 3.05) is 7.05 Å². The second-order valence-electron chi connectivity index (χ2n) is 4.72. The van der Waals surface area contributed by atoms with Crippen LogP contribution < -0.4 is 5.32 Å². The van der Waals surface area contributed by atoms with E-state index in [0.29, 0.717) is 12.0 Å². The molecule has 0 amide bonds. The monoisotopic (exact) mass is 257 g/mol. The molecule has 0 fully saturated rings. The minimum absolute atomic E-state index is 0.444. The molecule has 0 aromatic carbocycles. The molecule has 0 aliphatic rings. The van der Waals surface area contributed by atoms with E-state index in [4.69, 9.17) is 11.6 Å². The van der Waals surface area contributed by atoms with Gasteiger partial charge in [-0.05, 0) is 26.3 Å². The Morgan fingerprint density at radius 2 is 2.00 bits per heavy atom. The van der Waals surface area contributed by atoms with Gasteiger partial charge in [0.15, 0.2) is 0 Å². The largest absolute Gasteiger partial charge is 0.316 e. The summed E-state index contributed by atoms with van der Waals surface area (Å²) in [7, 11) is 2.01. The van der Waals surface area contributed by atoms with Crippen LogP contribution in [0.3, 0.4) is 0 Å². The first-order chi connectivity index (χ1) is 8.04. The number of rotatable bonds is 6. The lowest BCUT2D eigenvalue weighted by molar-refractivity contribution is 0.412. The fourth-order valence-electron chi connectivity index (χ4n) is 2.09. The summed E-state index contributed by atoms with van der Waals surface area (Å²) in [6, 6.07) is 0.444. The highest BCUT2D eigenvalue weighted by atomic mass is 35.5. The van der Waals surface area contributed by atoms with Crippen LogP contribution in [-0.2, 0) is 19.4 Å². The fourth-order valence-corrected chi connectivity index (χ4v) is 2.44. The summed E-state index contributed by atoms with van der Waals surface area (Å²) in [6.45, 7) is 9.53. The molecule has 0 bridgehead atoms. The molecule has 98 valence electrons. The van der Waals surface area contributed by atoms with E-state index >= 15 is 0 Å². The number of hydrogen-bond acceptors (Lipinski definition) is 2. The Hall–Kier alpha value is -0.540. The summed E-state index contributed by atoms with van der Waals surface area (Å²) >= 11 is 6.40. The lowest BCUT2D eigenvalue weighted by Crippen LogP contribution is -2.33. The van der Waals surface area contributed by atoms with Crippen molar-refractivity contribution < 1.29 is 0 Å². The highest BCUT2D eigenvalue weighted by Crippen LogP contribution is 2.24. The van der Waals surface area contributed by atoms with Gasteiger partial charge in [0.25, 0.3) is 0 Å². The van der Waals surface area contributed by atoms with Gasteiger partial charge < -0.3 is 5.32 Å². The lowest BCUT2D eigenvalue weighted by Gasteiger charge is -2.20. The first kappa shape index (κ1) is 14.5. The summed E-state index contributed by atoms with van der Waals surface area (Å²) in [4.78, 5) is 0. The van der Waals surface area contributed by atoms with Crippen molar-refractivity contribution in [1.29, 1.82) is 0 Å². The van der Waals surface area contributed by atoms with Crippen molar-refractivity contribution in [2.45, 2.75) is 53.1 Å². The molecule has 0 saturated heterocycles. The van der Waals surface area contributed by atoms with Crippen LogP contribution in [0.1, 0.15) is 39.1 Å². The maximum absolute atomic E-state index is 6.40. The molecule has 17 heavy (non-hydrogen) atoms. The lowest BCUT2D eigenvalue weighted by atomic mass is 9.99. The first-order valence-corrected chi connectivity index (χ1v) is 6.84. The van der Waals surface area contributed by atoms with Gasteiger partial charge in [0.1, 0.15) is 0 Å². The van der Waals surface area contributed by atoms with Gasteiger partial charge in [-0.2, -0.15) is 5.10 Å². The Balaban J connectivity index is 2.99. The van der Waals surface area contributed by atoms with Gasteiger partial charge in [0.2, 0.25) is 0 Å². The Morgan fingerprint density at radius 1 is 1.35 bits per heavy atom. The summed E-state index contributed by atoms with van der Waals surface area (Å²) in [5.41, 5.74) is 2.18. The van der Waals surface area contributed by atoms with Crippen LogP contribution >= 0.6 is 11.6 Å². The maximum atomic E-state index is 6.40. The van der Waals surface area contributed by atoms with Gasteiger partial charge in [0.05, 0.1) is 16.4 Å². The standard InChI is InChI=1S/C13H24ClN3/c1-6-10-13(14)12(17(7-2)16-10)8-11(15-5)9(3)4/h9,11,15H,6-8H2,1-5H3. The quantitative estimate of drug-likeness (QED) is 0.849. The number of halogens is 1. The summed E-state index contributed by atoms with van der Waals surface area (Å²) in [6.07, 6.45) is 1.83. The highest BCUT2D eigenvalue weighted by molar-refractivity contribution is 6.31. The van der Waals surface area contributed by atoms with E-state index in [1.165, 1.54) is 5.69 Å². The average Bonchev–Trinajstić information content (AvgIpc) is 2.62. The van der Waals surface area contributed by atoms with Crippen molar-refractivity contribution in [3.8, 4) is 0 Å². The molecule has 1 rings (SSSR count). The van der Waals surface area contributed by atoms with E-state index in [1.807, 2.05) is 11.7 Å². The van der Waals surface area contributed by atoms with Crippen LogP contribution in [0.15, 0.2) is 0 Å². The first-order valence-electron chi connectivity index (χ1n) is 6.46. The molecule has 1 unspecified atom stereocenters. The zero-order valence-electron chi connectivity index (χ0n) is 11.5. The van der Waals surface area contributed by atoms with Gasteiger partial charge >= 0.3 is 0 Å². The smallest absolute Gasteiger partial charge is 0.0850 e. The highest BCUT2D eigenvalue weighted by Gasteiger charge is 2.19. The molecule has 1 aromatic heterocycles. The average molecular weight is 258 g/mol. The molecule has 1 N–H and O–H groups in total. The number of aryl methyl sites for hydroxylation is 2. The summed E-state index contributed by atoms with van der Waals surface area (Å²) in [5, 5.41) is 8.76. The number of nitrogens with one attached hydrogen (secondary N) is 1. The van der Waals surface area contributed by atoms with Gasteiger partial charge in [-0.15, -0.1) is 0 Å². The molecule has 0 aliphatic carbocycles. The van der Waals surface area contributed by atoms with Crippen molar-refractivity contribution in [2.24, 2.45) is 5.92 Å². The third kappa shape index (κ3) is 3.23. The number of nitrogens with zero attached hydrogens (tertiary/aromatic N) is 2. The summed E-state index contributed by atoms with van der Waals surface area (Å²) < 4.78 is 2.04. The zero-order chi connectivity index (χ0) is 13.0. The third-order valence-electron chi connectivity index (χ3n) is 3.28. The van der Waals surface area contributed by atoms with E-state index in [2.05, 4.69) is 38.1 Å². The molecule has 1 heterocycles. The van der Waals surface area contributed by atoms with Crippen LogP contribution in [0.2, 0.25) is 5.02 Å². The fraction of sp³-hybridized carbons (Fsp3) is 0.769. The second-order valence-corrected chi connectivity index (χ2v) is 5.10. The molecule has 0 saturated carbocycles. The Kier molecular flexibility index (Phi) is 5.47. The molecule has 4 heteroatoms. The number of likely N-dealkylation sites (N-methyl/N-ethyl adjacent to an activating group) is 1. The van der Waals surface area contributed by atoms with Crippen molar-refractivity contribution >= 4 is 11.6 Å². The predicted octanol–water partition coefficient (Wildman–Crippen LogP) is 2.91. The molecule has 3 nitrogen and oxygen atoms in total. The Morgan fingerprint density at radius 3 is 2.41 bits per heavy atom. The molecule has 0 radical (unpaired) electrons. The van der Waals surface area contributed by atoms with E-state index in [0.717, 1.165) is 30.1 Å².